The summed E-state index contributed by atoms with van der Waals surface area (Å²) in [6.07, 6.45) is 6.33. The summed E-state index contributed by atoms with van der Waals surface area (Å²) >= 11 is 6.28. The Morgan fingerprint density at radius 1 is 1.20 bits per heavy atom. The molecule has 0 atom stereocenters. The fourth-order valence-electron chi connectivity index (χ4n) is 5.26. The fourth-order valence-corrected chi connectivity index (χ4v) is 5.43. The summed E-state index contributed by atoms with van der Waals surface area (Å²) in [6, 6.07) is 9.73. The largest absolute Gasteiger partial charge is 0.450 e. The number of aromatic nitrogens is 3. The third-order valence-corrected chi connectivity index (χ3v) is 7.40. The number of rotatable bonds is 3. The van der Waals surface area contributed by atoms with Crippen LogP contribution >= 0.6 is 11.6 Å². The normalized spacial score (nSPS) is 16.7. The molecule has 4 heterocycles. The molecule has 1 fully saturated rings. The standard InChI is InChI=1S/C26H22ClFN4O3/c1-30-15-29-12-18(30)13-32-14-21(19-4-2-16(27)10-23(19)32)24(33)31-8-6-26(7-9-31)22-5-3-17(28)11-20(22)25(34)35-26/h2-5,10-12,14-15H,6-9,13H2,1H3. The third-order valence-electron chi connectivity index (χ3n) is 7.16. The lowest BCUT2D eigenvalue weighted by Gasteiger charge is -2.38. The summed E-state index contributed by atoms with van der Waals surface area (Å²) in [4.78, 5) is 32.0. The number of benzene rings is 2. The predicted octanol–water partition coefficient (Wildman–Crippen LogP) is 4.52. The van der Waals surface area contributed by atoms with Crippen LogP contribution < -0.4 is 0 Å². The van der Waals surface area contributed by atoms with Crippen LogP contribution in [-0.2, 0) is 23.9 Å². The van der Waals surface area contributed by atoms with Crippen LogP contribution in [0.15, 0.2) is 55.1 Å². The molecule has 0 aliphatic carbocycles. The van der Waals surface area contributed by atoms with Gasteiger partial charge in [-0.3, -0.25) is 4.79 Å². The molecule has 0 bridgehead atoms. The van der Waals surface area contributed by atoms with Crippen molar-refractivity contribution in [1.82, 2.24) is 19.0 Å². The Bertz CT molecular complexity index is 1500. The predicted molar refractivity (Wildman–Crippen MR) is 128 cm³/mol. The van der Waals surface area contributed by atoms with Gasteiger partial charge < -0.3 is 18.8 Å². The van der Waals surface area contributed by atoms with E-state index in [0.717, 1.165) is 16.6 Å². The Balaban J connectivity index is 1.28. The second-order valence-corrected chi connectivity index (χ2v) is 9.63. The van der Waals surface area contributed by atoms with Crippen molar-refractivity contribution in [1.29, 1.82) is 0 Å². The molecule has 2 aliphatic rings. The molecule has 6 rings (SSSR count). The van der Waals surface area contributed by atoms with E-state index < -0.39 is 17.4 Å². The Morgan fingerprint density at radius 3 is 2.74 bits per heavy atom. The zero-order chi connectivity index (χ0) is 24.3. The summed E-state index contributed by atoms with van der Waals surface area (Å²) in [6.45, 7) is 1.39. The van der Waals surface area contributed by atoms with E-state index in [-0.39, 0.29) is 11.5 Å². The van der Waals surface area contributed by atoms with E-state index in [1.54, 1.807) is 29.6 Å². The molecule has 2 aromatic heterocycles. The molecule has 0 unspecified atom stereocenters. The minimum Gasteiger partial charge on any atom is -0.450 e. The lowest BCUT2D eigenvalue weighted by molar-refractivity contribution is -0.0389. The van der Waals surface area contributed by atoms with Crippen LogP contribution in [0.3, 0.4) is 0 Å². The van der Waals surface area contributed by atoms with Crippen molar-refractivity contribution < 1.29 is 18.7 Å². The van der Waals surface area contributed by atoms with Gasteiger partial charge in [-0.2, -0.15) is 0 Å². The molecule has 35 heavy (non-hydrogen) atoms. The Kier molecular flexibility index (Phi) is 4.96. The zero-order valence-corrected chi connectivity index (χ0v) is 19.8. The van der Waals surface area contributed by atoms with Crippen LogP contribution in [0, 0.1) is 5.82 Å². The molecule has 0 N–H and O–H groups in total. The van der Waals surface area contributed by atoms with E-state index in [1.807, 2.05) is 34.5 Å². The van der Waals surface area contributed by atoms with Crippen molar-refractivity contribution in [3.05, 3.63) is 88.3 Å². The molecular weight excluding hydrogens is 471 g/mol. The van der Waals surface area contributed by atoms with Crippen molar-refractivity contribution in [3.63, 3.8) is 0 Å². The first-order chi connectivity index (χ1) is 16.8. The minimum absolute atomic E-state index is 0.0837. The molecule has 1 saturated heterocycles. The maximum absolute atomic E-state index is 13.7. The number of hydrogen-bond acceptors (Lipinski definition) is 4. The number of carbonyl (C=O) groups excluding carboxylic acids is 2. The van der Waals surface area contributed by atoms with Gasteiger partial charge in [0.15, 0.2) is 0 Å². The van der Waals surface area contributed by atoms with Gasteiger partial charge in [0.25, 0.3) is 5.91 Å². The molecule has 7 nitrogen and oxygen atoms in total. The number of nitrogens with zero attached hydrogens (tertiary/aromatic N) is 4. The van der Waals surface area contributed by atoms with E-state index in [9.17, 15) is 14.0 Å². The van der Waals surface area contributed by atoms with E-state index in [4.69, 9.17) is 16.3 Å². The topological polar surface area (TPSA) is 69.4 Å². The van der Waals surface area contributed by atoms with Crippen LogP contribution in [0.25, 0.3) is 10.9 Å². The highest BCUT2D eigenvalue weighted by Crippen LogP contribution is 2.44. The summed E-state index contributed by atoms with van der Waals surface area (Å²) in [5.74, 6) is -1.05. The number of likely N-dealkylation sites (tertiary alicyclic amines) is 1. The lowest BCUT2D eigenvalue weighted by atomic mass is 9.83. The van der Waals surface area contributed by atoms with Crippen molar-refractivity contribution >= 4 is 34.4 Å². The molecule has 178 valence electrons. The molecule has 1 amide bonds. The van der Waals surface area contributed by atoms with Gasteiger partial charge in [0.05, 0.1) is 35.2 Å². The van der Waals surface area contributed by atoms with Gasteiger partial charge in [-0.05, 0) is 24.3 Å². The molecule has 4 aromatic rings. The maximum atomic E-state index is 13.7. The first-order valence-electron chi connectivity index (χ1n) is 11.4. The van der Waals surface area contributed by atoms with E-state index in [1.165, 1.54) is 12.1 Å². The van der Waals surface area contributed by atoms with Gasteiger partial charge in [0.2, 0.25) is 0 Å². The van der Waals surface area contributed by atoms with Crippen LogP contribution in [0.2, 0.25) is 5.02 Å². The number of fused-ring (bicyclic) bond motifs is 3. The lowest BCUT2D eigenvalue weighted by Crippen LogP contribution is -2.45. The number of hydrogen-bond donors (Lipinski definition) is 0. The number of amides is 1. The second-order valence-electron chi connectivity index (χ2n) is 9.19. The SMILES string of the molecule is Cn1cncc1Cn1cc(C(=O)N2CCC3(CC2)OC(=O)c2cc(F)ccc23)c2ccc(Cl)cc21. The number of piperidine rings is 1. The number of aryl methyl sites for hydroxylation is 1. The quantitative estimate of drug-likeness (QED) is 0.394. The fraction of sp³-hybridized carbons (Fsp3) is 0.269. The first kappa shape index (κ1) is 21.9. The van der Waals surface area contributed by atoms with Gasteiger partial charge in [-0.15, -0.1) is 0 Å². The molecule has 2 aliphatic heterocycles. The van der Waals surface area contributed by atoms with Crippen LogP contribution in [-0.4, -0.2) is 44.0 Å². The van der Waals surface area contributed by atoms with E-state index in [2.05, 4.69) is 4.98 Å². The molecule has 0 saturated carbocycles. The van der Waals surface area contributed by atoms with Crippen LogP contribution in [0.5, 0.6) is 0 Å². The smallest absolute Gasteiger partial charge is 0.339 e. The Labute approximate surface area is 205 Å². The second kappa shape index (κ2) is 7.95. The highest BCUT2D eigenvalue weighted by Gasteiger charge is 2.48. The molecule has 9 heteroatoms. The number of halogens is 2. The monoisotopic (exact) mass is 492 g/mol. The van der Waals surface area contributed by atoms with Crippen molar-refractivity contribution in [2.24, 2.45) is 7.05 Å². The van der Waals surface area contributed by atoms with E-state index in [0.29, 0.717) is 48.6 Å². The molecule has 1 spiro atoms. The van der Waals surface area contributed by atoms with Crippen molar-refractivity contribution in [2.45, 2.75) is 25.0 Å². The average molecular weight is 493 g/mol. The van der Waals surface area contributed by atoms with Crippen molar-refractivity contribution in [2.75, 3.05) is 13.1 Å². The highest BCUT2D eigenvalue weighted by molar-refractivity contribution is 6.31. The van der Waals surface area contributed by atoms with Gasteiger partial charge in [0.1, 0.15) is 11.4 Å². The van der Waals surface area contributed by atoms with Gasteiger partial charge in [0, 0.05) is 61.3 Å². The Morgan fingerprint density at radius 2 is 2.00 bits per heavy atom. The van der Waals surface area contributed by atoms with E-state index >= 15 is 0 Å². The van der Waals surface area contributed by atoms with Gasteiger partial charge >= 0.3 is 5.97 Å². The average Bonchev–Trinajstić information content (AvgIpc) is 3.49. The molecular formula is C26H22ClFN4O3. The van der Waals surface area contributed by atoms with Gasteiger partial charge in [-0.25, -0.2) is 14.2 Å². The minimum atomic E-state index is -0.808. The first-order valence-corrected chi connectivity index (χ1v) is 11.8. The number of esters is 1. The van der Waals surface area contributed by atoms with Crippen LogP contribution in [0.4, 0.5) is 4.39 Å². The van der Waals surface area contributed by atoms with Gasteiger partial charge in [-0.1, -0.05) is 23.7 Å². The number of imidazole rings is 1. The summed E-state index contributed by atoms with van der Waals surface area (Å²) in [7, 11) is 1.93. The molecule has 2 aromatic carbocycles. The number of ether oxygens (including phenoxy) is 1. The number of carbonyl (C=O) groups is 2. The highest BCUT2D eigenvalue weighted by atomic mass is 35.5. The summed E-state index contributed by atoms with van der Waals surface area (Å²) < 4.78 is 23.4. The Hall–Kier alpha value is -3.65. The molecule has 0 radical (unpaired) electrons. The summed E-state index contributed by atoms with van der Waals surface area (Å²) in [5, 5.41) is 1.42. The summed E-state index contributed by atoms with van der Waals surface area (Å²) in [5.41, 5.74) is 2.65. The zero-order valence-electron chi connectivity index (χ0n) is 19.0. The maximum Gasteiger partial charge on any atom is 0.339 e. The third kappa shape index (κ3) is 3.51. The van der Waals surface area contributed by atoms with Crippen molar-refractivity contribution in [3.8, 4) is 0 Å². The van der Waals surface area contributed by atoms with Crippen LogP contribution in [0.1, 0.15) is 44.8 Å².